The summed E-state index contributed by atoms with van der Waals surface area (Å²) in [6.45, 7) is 4.85. The van der Waals surface area contributed by atoms with Crippen molar-refractivity contribution in [2.45, 2.75) is 26.2 Å². The zero-order valence-corrected chi connectivity index (χ0v) is 12.3. The van der Waals surface area contributed by atoms with Gasteiger partial charge in [-0.3, -0.25) is 4.99 Å². The molecule has 100 valence electrons. The van der Waals surface area contributed by atoms with Crippen LogP contribution in [0.25, 0.3) is 0 Å². The molecule has 1 heterocycles. The SMILES string of the molecule is CCNC(=NCC1CC1)NCCc1ccc(Cl)s1. The highest BCUT2D eigenvalue weighted by Crippen LogP contribution is 2.28. The average molecular weight is 286 g/mol. The highest BCUT2D eigenvalue weighted by molar-refractivity contribution is 7.16. The van der Waals surface area contributed by atoms with Crippen molar-refractivity contribution in [3.05, 3.63) is 21.3 Å². The van der Waals surface area contributed by atoms with Gasteiger partial charge in [0.1, 0.15) is 0 Å². The predicted octanol–water partition coefficient (Wildman–Crippen LogP) is 2.91. The minimum Gasteiger partial charge on any atom is -0.357 e. The second-order valence-electron chi connectivity index (χ2n) is 4.55. The van der Waals surface area contributed by atoms with Crippen LogP contribution in [0, 0.1) is 5.92 Å². The Balaban J connectivity index is 1.72. The highest BCUT2D eigenvalue weighted by atomic mass is 35.5. The molecule has 1 aromatic rings. The number of nitrogens with zero attached hydrogens (tertiary/aromatic N) is 1. The molecule has 1 fully saturated rings. The monoisotopic (exact) mass is 285 g/mol. The Bertz CT molecular complexity index is 399. The predicted molar refractivity (Wildman–Crippen MR) is 79.7 cm³/mol. The van der Waals surface area contributed by atoms with Crippen molar-refractivity contribution in [2.24, 2.45) is 10.9 Å². The van der Waals surface area contributed by atoms with Gasteiger partial charge in [-0.05, 0) is 44.2 Å². The summed E-state index contributed by atoms with van der Waals surface area (Å²) >= 11 is 7.55. The number of guanidine groups is 1. The third-order valence-electron chi connectivity index (χ3n) is 2.84. The van der Waals surface area contributed by atoms with E-state index >= 15 is 0 Å². The quantitative estimate of drug-likeness (QED) is 0.623. The topological polar surface area (TPSA) is 36.4 Å². The first-order chi connectivity index (χ1) is 8.78. The van der Waals surface area contributed by atoms with Crippen LogP contribution in [0.4, 0.5) is 0 Å². The molecule has 0 saturated heterocycles. The van der Waals surface area contributed by atoms with Crippen molar-refractivity contribution in [1.82, 2.24) is 10.6 Å². The second-order valence-corrected chi connectivity index (χ2v) is 6.35. The van der Waals surface area contributed by atoms with Crippen molar-refractivity contribution in [3.8, 4) is 0 Å². The van der Waals surface area contributed by atoms with Gasteiger partial charge in [0.05, 0.1) is 4.34 Å². The Labute approximate surface area is 118 Å². The average Bonchev–Trinajstić information content (AvgIpc) is 3.09. The molecule has 0 bridgehead atoms. The van der Waals surface area contributed by atoms with E-state index in [1.165, 1.54) is 17.7 Å². The molecule has 1 aliphatic carbocycles. The number of halogens is 1. The Morgan fingerprint density at radius 2 is 2.28 bits per heavy atom. The van der Waals surface area contributed by atoms with Crippen molar-refractivity contribution in [1.29, 1.82) is 0 Å². The standard InChI is InChI=1S/C13H20ClN3S/c1-2-15-13(17-9-10-3-4-10)16-8-7-11-5-6-12(14)18-11/h5-6,10H,2-4,7-9H2,1H3,(H2,15,16,17). The third kappa shape index (κ3) is 4.86. The molecule has 18 heavy (non-hydrogen) atoms. The summed E-state index contributed by atoms with van der Waals surface area (Å²) in [6, 6.07) is 4.04. The van der Waals surface area contributed by atoms with Crippen LogP contribution in [0.3, 0.4) is 0 Å². The number of nitrogens with one attached hydrogen (secondary N) is 2. The van der Waals surface area contributed by atoms with Gasteiger partial charge in [0.2, 0.25) is 0 Å². The van der Waals surface area contributed by atoms with Crippen LogP contribution in [0.1, 0.15) is 24.6 Å². The van der Waals surface area contributed by atoms with Crippen molar-refractivity contribution >= 4 is 28.9 Å². The zero-order chi connectivity index (χ0) is 12.8. The molecule has 2 N–H and O–H groups in total. The molecule has 2 rings (SSSR count). The van der Waals surface area contributed by atoms with Gasteiger partial charge in [0.25, 0.3) is 0 Å². The lowest BCUT2D eigenvalue weighted by Crippen LogP contribution is -2.38. The van der Waals surface area contributed by atoms with E-state index in [0.29, 0.717) is 0 Å². The summed E-state index contributed by atoms with van der Waals surface area (Å²) in [6.07, 6.45) is 3.68. The van der Waals surface area contributed by atoms with Gasteiger partial charge in [0.15, 0.2) is 5.96 Å². The molecule has 0 atom stereocenters. The largest absolute Gasteiger partial charge is 0.357 e. The van der Waals surface area contributed by atoms with E-state index in [1.54, 1.807) is 11.3 Å². The molecule has 0 amide bonds. The highest BCUT2D eigenvalue weighted by Gasteiger charge is 2.20. The normalized spacial score (nSPS) is 15.8. The molecular formula is C13H20ClN3S. The fourth-order valence-electron chi connectivity index (χ4n) is 1.65. The zero-order valence-electron chi connectivity index (χ0n) is 10.7. The maximum absolute atomic E-state index is 5.91. The van der Waals surface area contributed by atoms with Crippen LogP contribution >= 0.6 is 22.9 Å². The fourth-order valence-corrected chi connectivity index (χ4v) is 2.74. The first-order valence-corrected chi connectivity index (χ1v) is 7.73. The number of hydrogen-bond acceptors (Lipinski definition) is 2. The molecule has 0 unspecified atom stereocenters. The maximum atomic E-state index is 5.91. The lowest BCUT2D eigenvalue weighted by Gasteiger charge is -2.10. The summed E-state index contributed by atoms with van der Waals surface area (Å²) < 4.78 is 0.860. The Morgan fingerprint density at radius 3 is 2.89 bits per heavy atom. The summed E-state index contributed by atoms with van der Waals surface area (Å²) in [5.41, 5.74) is 0. The molecule has 3 nitrogen and oxygen atoms in total. The summed E-state index contributed by atoms with van der Waals surface area (Å²) in [4.78, 5) is 5.89. The van der Waals surface area contributed by atoms with E-state index in [9.17, 15) is 0 Å². The lowest BCUT2D eigenvalue weighted by atomic mass is 10.3. The smallest absolute Gasteiger partial charge is 0.191 e. The molecule has 1 aliphatic rings. The van der Waals surface area contributed by atoms with Crippen molar-refractivity contribution in [2.75, 3.05) is 19.6 Å². The van der Waals surface area contributed by atoms with E-state index in [1.807, 2.05) is 6.07 Å². The number of rotatable bonds is 6. The van der Waals surface area contributed by atoms with Gasteiger partial charge in [-0.2, -0.15) is 0 Å². The second kappa shape index (κ2) is 7.00. The van der Waals surface area contributed by atoms with Crippen LogP contribution in [0.2, 0.25) is 4.34 Å². The van der Waals surface area contributed by atoms with Gasteiger partial charge >= 0.3 is 0 Å². The molecule has 0 radical (unpaired) electrons. The van der Waals surface area contributed by atoms with Gasteiger partial charge in [-0.15, -0.1) is 11.3 Å². The first kappa shape index (κ1) is 13.7. The third-order valence-corrected chi connectivity index (χ3v) is 4.13. The first-order valence-electron chi connectivity index (χ1n) is 6.54. The molecule has 0 spiro atoms. The van der Waals surface area contributed by atoms with Gasteiger partial charge in [-0.25, -0.2) is 0 Å². The van der Waals surface area contributed by atoms with E-state index in [0.717, 1.165) is 42.3 Å². The van der Waals surface area contributed by atoms with E-state index in [4.69, 9.17) is 11.6 Å². The van der Waals surface area contributed by atoms with Crippen LogP contribution in [0.5, 0.6) is 0 Å². The Morgan fingerprint density at radius 1 is 1.44 bits per heavy atom. The summed E-state index contributed by atoms with van der Waals surface area (Å²) in [5.74, 6) is 1.77. The fraction of sp³-hybridized carbons (Fsp3) is 0.615. The molecule has 0 aliphatic heterocycles. The van der Waals surface area contributed by atoms with Crippen molar-refractivity contribution < 1.29 is 0 Å². The van der Waals surface area contributed by atoms with Gasteiger partial charge < -0.3 is 10.6 Å². The van der Waals surface area contributed by atoms with Gasteiger partial charge in [0, 0.05) is 24.5 Å². The van der Waals surface area contributed by atoms with Crippen LogP contribution < -0.4 is 10.6 Å². The Kier molecular flexibility index (Phi) is 5.32. The molecular weight excluding hydrogens is 266 g/mol. The van der Waals surface area contributed by atoms with E-state index in [2.05, 4.69) is 28.6 Å². The molecule has 1 aromatic heterocycles. The summed E-state index contributed by atoms with van der Waals surface area (Å²) in [5, 5.41) is 6.64. The van der Waals surface area contributed by atoms with E-state index in [-0.39, 0.29) is 0 Å². The Hall–Kier alpha value is -0.740. The number of hydrogen-bond donors (Lipinski definition) is 2. The maximum Gasteiger partial charge on any atom is 0.191 e. The lowest BCUT2D eigenvalue weighted by molar-refractivity contribution is 0.779. The molecule has 1 saturated carbocycles. The van der Waals surface area contributed by atoms with Crippen LogP contribution in [-0.2, 0) is 6.42 Å². The van der Waals surface area contributed by atoms with Crippen LogP contribution in [0.15, 0.2) is 17.1 Å². The molecule has 0 aromatic carbocycles. The minimum absolute atomic E-state index is 0.830. The summed E-state index contributed by atoms with van der Waals surface area (Å²) in [7, 11) is 0. The number of thiophene rings is 1. The molecule has 5 heteroatoms. The van der Waals surface area contributed by atoms with Gasteiger partial charge in [-0.1, -0.05) is 11.6 Å². The van der Waals surface area contributed by atoms with Crippen molar-refractivity contribution in [3.63, 3.8) is 0 Å². The van der Waals surface area contributed by atoms with E-state index < -0.39 is 0 Å². The van der Waals surface area contributed by atoms with Crippen LogP contribution in [-0.4, -0.2) is 25.6 Å². The number of aliphatic imine (C=N–C) groups is 1. The minimum atomic E-state index is 0.830.